The van der Waals surface area contributed by atoms with Crippen LogP contribution in [-0.2, 0) is 26.1 Å². The second-order valence-corrected chi connectivity index (χ2v) is 22.2. The van der Waals surface area contributed by atoms with Crippen LogP contribution in [0.3, 0.4) is 0 Å². The van der Waals surface area contributed by atoms with Gasteiger partial charge in [0.15, 0.2) is 0 Å². The predicted octanol–water partition coefficient (Wildman–Crippen LogP) is 20.6. The number of aryl methyl sites for hydroxylation is 2. The highest BCUT2D eigenvalue weighted by molar-refractivity contribution is 6.09. The van der Waals surface area contributed by atoms with Crippen LogP contribution < -0.4 is 9.47 Å². The number of benzene rings is 6. The summed E-state index contributed by atoms with van der Waals surface area (Å²) in [4.78, 5) is 0. The summed E-state index contributed by atoms with van der Waals surface area (Å²) in [6, 6.07) is 44.6. The fourth-order valence-corrected chi connectivity index (χ4v) is 12.4. The van der Waals surface area contributed by atoms with Gasteiger partial charge in [-0.15, -0.1) is 0 Å². The molecule has 70 heavy (non-hydrogen) atoms. The molecule has 2 nitrogen and oxygen atoms in total. The number of unbranched alkanes of at least 4 members (excludes halogenated alkanes) is 10. The lowest BCUT2D eigenvalue weighted by atomic mass is 9.78. The third-order valence-electron chi connectivity index (χ3n) is 16.9. The Balaban J connectivity index is 0.835. The van der Waals surface area contributed by atoms with E-state index in [1.165, 1.54) is 211 Å². The first-order valence-electron chi connectivity index (χ1n) is 29.1. The summed E-state index contributed by atoms with van der Waals surface area (Å²) in [5.74, 6) is 5.71. The molecule has 0 saturated heterocycles. The molecule has 0 aliphatic heterocycles. The maximum absolute atomic E-state index is 6.86. The topological polar surface area (TPSA) is 18.5 Å². The Morgan fingerprint density at radius 2 is 0.657 bits per heavy atom. The van der Waals surface area contributed by atoms with Crippen molar-refractivity contribution in [1.29, 1.82) is 0 Å². The molecule has 2 saturated carbocycles. The van der Waals surface area contributed by atoms with E-state index < -0.39 is 0 Å². The first-order chi connectivity index (χ1) is 34.6. The van der Waals surface area contributed by atoms with Crippen LogP contribution in [0.5, 0.6) is 11.5 Å². The van der Waals surface area contributed by atoms with Gasteiger partial charge in [0.25, 0.3) is 0 Å². The molecule has 0 spiro atoms. The molecule has 6 aromatic rings. The molecule has 8 rings (SSSR count). The predicted molar refractivity (Wildman–Crippen MR) is 301 cm³/mol. The number of hydrogen-bond donors (Lipinski definition) is 0. The highest BCUT2D eigenvalue weighted by Gasteiger charge is 2.23. The van der Waals surface area contributed by atoms with Gasteiger partial charge in [-0.2, -0.15) is 0 Å². The van der Waals surface area contributed by atoms with Gasteiger partial charge in [0.1, 0.15) is 24.7 Å². The van der Waals surface area contributed by atoms with E-state index in [1.807, 2.05) is 0 Å². The van der Waals surface area contributed by atoms with Crippen molar-refractivity contribution in [3.63, 3.8) is 0 Å². The van der Waals surface area contributed by atoms with Gasteiger partial charge in [-0.1, -0.05) is 277 Å². The van der Waals surface area contributed by atoms with E-state index in [0.717, 1.165) is 59.1 Å². The van der Waals surface area contributed by atoms with Gasteiger partial charge in [0, 0.05) is 11.1 Å². The molecule has 0 aromatic heterocycles. The van der Waals surface area contributed by atoms with Gasteiger partial charge in [-0.05, 0) is 105 Å². The summed E-state index contributed by atoms with van der Waals surface area (Å²) >= 11 is 0. The molecule has 374 valence electrons. The fourth-order valence-electron chi connectivity index (χ4n) is 12.4. The van der Waals surface area contributed by atoms with Gasteiger partial charge in [-0.25, -0.2) is 0 Å². The van der Waals surface area contributed by atoms with Crippen molar-refractivity contribution in [2.45, 2.75) is 207 Å². The van der Waals surface area contributed by atoms with Gasteiger partial charge in [0.2, 0.25) is 0 Å². The maximum Gasteiger partial charge on any atom is 0.128 e. The van der Waals surface area contributed by atoms with E-state index in [0.29, 0.717) is 13.2 Å². The van der Waals surface area contributed by atoms with E-state index >= 15 is 0 Å². The van der Waals surface area contributed by atoms with E-state index in [9.17, 15) is 0 Å². The third kappa shape index (κ3) is 15.7. The Morgan fingerprint density at radius 3 is 1.03 bits per heavy atom. The van der Waals surface area contributed by atoms with Crippen molar-refractivity contribution in [2.24, 2.45) is 23.7 Å². The minimum Gasteiger partial charge on any atom is -0.488 e. The SMILES string of the molecule is CCCCCCC[C@H]1CC[C@H](CCCCc2ccc(COc3ccc4ccccc4c3-c3c(OCc4ccc(CCCC[C@H]5CC[C@H](CCCCCCC)CC5)cc4)ccc4ccccc34)cc2)CC1. The summed E-state index contributed by atoms with van der Waals surface area (Å²) in [7, 11) is 0. The molecule has 2 heteroatoms. The maximum atomic E-state index is 6.86. The van der Waals surface area contributed by atoms with Gasteiger partial charge < -0.3 is 9.47 Å². The average Bonchev–Trinajstić information content (AvgIpc) is 3.41. The molecule has 0 amide bonds. The summed E-state index contributed by atoms with van der Waals surface area (Å²) in [5.41, 5.74) is 7.47. The Morgan fingerprint density at radius 1 is 0.329 bits per heavy atom. The van der Waals surface area contributed by atoms with Crippen molar-refractivity contribution in [2.75, 3.05) is 0 Å². The number of fused-ring (bicyclic) bond motifs is 2. The van der Waals surface area contributed by atoms with E-state index in [1.54, 1.807) is 0 Å². The number of ether oxygens (including phenoxy) is 2. The van der Waals surface area contributed by atoms with Crippen molar-refractivity contribution in [1.82, 2.24) is 0 Å². The summed E-state index contributed by atoms with van der Waals surface area (Å²) < 4.78 is 13.7. The number of rotatable bonds is 29. The summed E-state index contributed by atoms with van der Waals surface area (Å²) in [6.45, 7) is 5.66. The minimum atomic E-state index is 0.515. The average molecular weight is 939 g/mol. The van der Waals surface area contributed by atoms with Crippen molar-refractivity contribution in [3.05, 3.63) is 144 Å². The van der Waals surface area contributed by atoms with Crippen LogP contribution in [-0.4, -0.2) is 0 Å². The molecule has 0 radical (unpaired) electrons. The van der Waals surface area contributed by atoms with Crippen molar-refractivity contribution < 1.29 is 9.47 Å². The van der Waals surface area contributed by atoms with Crippen LogP contribution in [0, 0.1) is 23.7 Å². The monoisotopic (exact) mass is 939 g/mol. The molecule has 2 fully saturated rings. The Hall–Kier alpha value is -4.56. The molecular formula is C68H90O2. The lowest BCUT2D eigenvalue weighted by Crippen LogP contribution is -2.14. The third-order valence-corrected chi connectivity index (χ3v) is 16.9. The second-order valence-electron chi connectivity index (χ2n) is 22.2. The summed E-state index contributed by atoms with van der Waals surface area (Å²) in [6.07, 6.45) is 39.4. The molecule has 0 bridgehead atoms. The van der Waals surface area contributed by atoms with Crippen molar-refractivity contribution in [3.8, 4) is 22.6 Å². The highest BCUT2D eigenvalue weighted by Crippen LogP contribution is 2.46. The minimum absolute atomic E-state index is 0.515. The van der Waals surface area contributed by atoms with Crippen LogP contribution in [0.1, 0.15) is 203 Å². The molecule has 0 atom stereocenters. The normalized spacial score (nSPS) is 18.4. The Labute approximate surface area is 425 Å². The smallest absolute Gasteiger partial charge is 0.128 e. The first kappa shape index (κ1) is 51.8. The van der Waals surface area contributed by atoms with Crippen LogP contribution in [0.15, 0.2) is 121 Å². The molecule has 2 aliphatic rings. The van der Waals surface area contributed by atoms with E-state index in [4.69, 9.17) is 9.47 Å². The van der Waals surface area contributed by atoms with Crippen LogP contribution in [0.2, 0.25) is 0 Å². The van der Waals surface area contributed by atoms with Crippen LogP contribution in [0.4, 0.5) is 0 Å². The largest absolute Gasteiger partial charge is 0.488 e. The highest BCUT2D eigenvalue weighted by atomic mass is 16.5. The molecule has 0 heterocycles. The zero-order chi connectivity index (χ0) is 48.0. The van der Waals surface area contributed by atoms with Crippen LogP contribution in [0.25, 0.3) is 32.7 Å². The van der Waals surface area contributed by atoms with E-state index in [-0.39, 0.29) is 0 Å². The second kappa shape index (κ2) is 28.5. The Kier molecular flexibility index (Phi) is 21.1. The molecule has 2 aliphatic carbocycles. The number of hydrogen-bond acceptors (Lipinski definition) is 2. The van der Waals surface area contributed by atoms with Gasteiger partial charge >= 0.3 is 0 Å². The molecule has 6 aromatic carbocycles. The zero-order valence-corrected chi connectivity index (χ0v) is 43.9. The molecule has 0 unspecified atom stereocenters. The standard InChI is InChI=1S/C68H90O2/c1-3-5-7-9-11-21-53-31-35-55(36-32-53)23-13-15-25-57-39-43-59(44-40-57)51-69-65-49-47-61-27-17-19-29-63(61)67(65)68-64-30-20-18-28-62(64)48-50-66(68)70-52-60-45-41-58(42-46-60)26-16-14-24-56-37-33-54(34-38-56)22-12-10-8-6-4-2/h17-20,27-30,39-50,53-56H,3-16,21-26,31-38,51-52H2,1-2H3/t53-,54-,55-,56-. The Bertz CT molecular complexity index is 2220. The van der Waals surface area contributed by atoms with Crippen LogP contribution >= 0.6 is 0 Å². The first-order valence-corrected chi connectivity index (χ1v) is 29.1. The van der Waals surface area contributed by atoms with E-state index in [2.05, 4.69) is 135 Å². The quantitative estimate of drug-likeness (QED) is 0.0436. The lowest BCUT2D eigenvalue weighted by Gasteiger charge is -2.28. The van der Waals surface area contributed by atoms with Crippen molar-refractivity contribution >= 4 is 21.5 Å². The fraction of sp³-hybridized carbons (Fsp3) is 0.529. The zero-order valence-electron chi connectivity index (χ0n) is 43.9. The molecular weight excluding hydrogens is 849 g/mol. The van der Waals surface area contributed by atoms with Gasteiger partial charge in [-0.3, -0.25) is 0 Å². The summed E-state index contributed by atoms with van der Waals surface area (Å²) in [5, 5.41) is 4.74. The van der Waals surface area contributed by atoms with Gasteiger partial charge in [0.05, 0.1) is 0 Å². The molecule has 0 N–H and O–H groups in total. The lowest BCUT2D eigenvalue weighted by molar-refractivity contribution is 0.245.